The maximum atomic E-state index is 5.67. The van der Waals surface area contributed by atoms with Crippen LogP contribution in [0.5, 0.6) is 0 Å². The summed E-state index contributed by atoms with van der Waals surface area (Å²) in [6.07, 6.45) is 2.88. The number of aromatic nitrogens is 1. The second kappa shape index (κ2) is 6.56. The highest BCUT2D eigenvalue weighted by atomic mass is 32.2. The van der Waals surface area contributed by atoms with Gasteiger partial charge in [0, 0.05) is 24.0 Å². The van der Waals surface area contributed by atoms with Gasteiger partial charge in [-0.2, -0.15) is 11.8 Å². The summed E-state index contributed by atoms with van der Waals surface area (Å²) in [6.45, 7) is 4.35. The van der Waals surface area contributed by atoms with E-state index in [1.807, 2.05) is 17.8 Å². The molecule has 1 heterocycles. The lowest BCUT2D eigenvalue weighted by Gasteiger charge is -2.14. The first-order chi connectivity index (χ1) is 7.22. The van der Waals surface area contributed by atoms with Crippen LogP contribution in [-0.2, 0) is 0 Å². The van der Waals surface area contributed by atoms with Gasteiger partial charge in [-0.25, -0.2) is 4.98 Å². The average Bonchev–Trinajstić information content (AvgIpc) is 2.18. The summed E-state index contributed by atoms with van der Waals surface area (Å²) < 4.78 is 0. The van der Waals surface area contributed by atoms with Gasteiger partial charge in [0.15, 0.2) is 0 Å². The van der Waals surface area contributed by atoms with Crippen LogP contribution in [0.25, 0.3) is 0 Å². The number of anilines is 2. The molecule has 4 heteroatoms. The molecular weight excluding hydrogens is 206 g/mol. The highest BCUT2D eigenvalue weighted by molar-refractivity contribution is 7.99. The second-order valence-electron chi connectivity index (χ2n) is 3.51. The topological polar surface area (TPSA) is 50.9 Å². The van der Waals surface area contributed by atoms with Gasteiger partial charge in [0.1, 0.15) is 5.82 Å². The molecule has 0 aliphatic carbocycles. The Bertz CT molecular complexity index is 291. The first kappa shape index (κ1) is 12.2. The molecule has 0 radical (unpaired) electrons. The van der Waals surface area contributed by atoms with E-state index < -0.39 is 0 Å². The Labute approximate surface area is 95.9 Å². The van der Waals surface area contributed by atoms with Gasteiger partial charge in [0.25, 0.3) is 0 Å². The maximum absolute atomic E-state index is 5.67. The lowest BCUT2D eigenvalue weighted by Crippen LogP contribution is -2.16. The highest BCUT2D eigenvalue weighted by Gasteiger charge is 2.02. The van der Waals surface area contributed by atoms with Crippen LogP contribution in [0, 0.1) is 0 Å². The largest absolute Gasteiger partial charge is 0.399 e. The summed E-state index contributed by atoms with van der Waals surface area (Å²) in [5.74, 6) is 3.24. The molecule has 0 aromatic carbocycles. The van der Waals surface area contributed by atoms with Crippen molar-refractivity contribution in [1.29, 1.82) is 0 Å². The fourth-order valence-electron chi connectivity index (χ4n) is 1.25. The standard InChI is InChI=1S/C11H19N3S/c1-3-15-7-5-9(2)14-11-8-10(12)4-6-13-11/h4,6,8-9H,3,5,7H2,1-2H3,(H3,12,13,14). The molecule has 15 heavy (non-hydrogen) atoms. The van der Waals surface area contributed by atoms with Crippen LogP contribution < -0.4 is 11.1 Å². The average molecular weight is 225 g/mol. The molecule has 1 aromatic heterocycles. The normalized spacial score (nSPS) is 12.4. The van der Waals surface area contributed by atoms with Crippen molar-refractivity contribution in [2.75, 3.05) is 22.6 Å². The predicted molar refractivity (Wildman–Crippen MR) is 69.4 cm³/mol. The molecule has 0 bridgehead atoms. The van der Waals surface area contributed by atoms with Crippen molar-refractivity contribution in [3.63, 3.8) is 0 Å². The van der Waals surface area contributed by atoms with Crippen LogP contribution in [0.15, 0.2) is 18.3 Å². The Morgan fingerprint density at radius 1 is 1.60 bits per heavy atom. The summed E-state index contributed by atoms with van der Waals surface area (Å²) in [5.41, 5.74) is 6.42. The Morgan fingerprint density at radius 3 is 3.07 bits per heavy atom. The van der Waals surface area contributed by atoms with E-state index >= 15 is 0 Å². The highest BCUT2D eigenvalue weighted by Crippen LogP contribution is 2.11. The van der Waals surface area contributed by atoms with E-state index in [-0.39, 0.29) is 0 Å². The number of hydrogen-bond donors (Lipinski definition) is 2. The Balaban J connectivity index is 2.34. The zero-order valence-electron chi connectivity index (χ0n) is 9.36. The Hall–Kier alpha value is -0.900. The van der Waals surface area contributed by atoms with E-state index in [9.17, 15) is 0 Å². The monoisotopic (exact) mass is 225 g/mol. The van der Waals surface area contributed by atoms with E-state index in [1.54, 1.807) is 12.3 Å². The number of nitrogens with zero attached hydrogens (tertiary/aromatic N) is 1. The molecule has 0 fully saturated rings. The van der Waals surface area contributed by atoms with Crippen molar-refractivity contribution in [3.8, 4) is 0 Å². The van der Waals surface area contributed by atoms with E-state index in [2.05, 4.69) is 24.1 Å². The third kappa shape index (κ3) is 4.93. The van der Waals surface area contributed by atoms with E-state index in [0.717, 1.165) is 17.9 Å². The number of nitrogens with two attached hydrogens (primary N) is 1. The number of nitrogen functional groups attached to an aromatic ring is 1. The number of rotatable bonds is 6. The molecule has 3 N–H and O–H groups in total. The van der Waals surface area contributed by atoms with Gasteiger partial charge >= 0.3 is 0 Å². The van der Waals surface area contributed by atoms with Crippen molar-refractivity contribution in [2.45, 2.75) is 26.3 Å². The fraction of sp³-hybridized carbons (Fsp3) is 0.545. The van der Waals surface area contributed by atoms with Gasteiger partial charge in [-0.15, -0.1) is 0 Å². The smallest absolute Gasteiger partial charge is 0.128 e. The van der Waals surface area contributed by atoms with Crippen LogP contribution >= 0.6 is 11.8 Å². The van der Waals surface area contributed by atoms with Gasteiger partial charge < -0.3 is 11.1 Å². The van der Waals surface area contributed by atoms with Gasteiger partial charge in [0.05, 0.1) is 0 Å². The van der Waals surface area contributed by atoms with Crippen molar-refractivity contribution in [1.82, 2.24) is 4.98 Å². The third-order valence-corrected chi connectivity index (χ3v) is 3.01. The molecule has 3 nitrogen and oxygen atoms in total. The summed E-state index contributed by atoms with van der Waals surface area (Å²) >= 11 is 1.97. The molecule has 0 aliphatic heterocycles. The summed E-state index contributed by atoms with van der Waals surface area (Å²) in [4.78, 5) is 4.21. The fourth-order valence-corrected chi connectivity index (χ4v) is 2.06. The van der Waals surface area contributed by atoms with Crippen molar-refractivity contribution in [2.24, 2.45) is 0 Å². The molecule has 84 valence electrons. The van der Waals surface area contributed by atoms with Crippen molar-refractivity contribution >= 4 is 23.3 Å². The number of thioether (sulfide) groups is 1. The first-order valence-electron chi connectivity index (χ1n) is 5.28. The molecule has 1 aromatic rings. The molecule has 0 saturated heterocycles. The lowest BCUT2D eigenvalue weighted by molar-refractivity contribution is 0.767. The van der Waals surface area contributed by atoms with E-state index in [4.69, 9.17) is 5.73 Å². The minimum absolute atomic E-state index is 0.443. The van der Waals surface area contributed by atoms with Gasteiger partial charge in [-0.05, 0) is 30.9 Å². The van der Waals surface area contributed by atoms with Gasteiger partial charge in [0.2, 0.25) is 0 Å². The molecule has 1 unspecified atom stereocenters. The van der Waals surface area contributed by atoms with Gasteiger partial charge in [-0.3, -0.25) is 0 Å². The summed E-state index contributed by atoms with van der Waals surface area (Å²) in [7, 11) is 0. The maximum Gasteiger partial charge on any atom is 0.128 e. The quantitative estimate of drug-likeness (QED) is 0.731. The number of hydrogen-bond acceptors (Lipinski definition) is 4. The van der Waals surface area contributed by atoms with Crippen LogP contribution in [0.4, 0.5) is 11.5 Å². The summed E-state index contributed by atoms with van der Waals surface area (Å²) in [5, 5.41) is 3.34. The third-order valence-electron chi connectivity index (χ3n) is 2.08. The van der Waals surface area contributed by atoms with E-state index in [0.29, 0.717) is 6.04 Å². The minimum Gasteiger partial charge on any atom is -0.399 e. The lowest BCUT2D eigenvalue weighted by atomic mass is 10.2. The zero-order chi connectivity index (χ0) is 11.1. The molecule has 1 atom stereocenters. The molecular formula is C11H19N3S. The van der Waals surface area contributed by atoms with E-state index in [1.165, 1.54) is 11.5 Å². The van der Waals surface area contributed by atoms with Crippen molar-refractivity contribution in [3.05, 3.63) is 18.3 Å². The molecule has 0 spiro atoms. The predicted octanol–water partition coefficient (Wildman–Crippen LogP) is 2.61. The van der Waals surface area contributed by atoms with Crippen LogP contribution in [0.3, 0.4) is 0 Å². The Kier molecular flexibility index (Phi) is 5.32. The Morgan fingerprint density at radius 2 is 2.40 bits per heavy atom. The van der Waals surface area contributed by atoms with Crippen LogP contribution in [-0.4, -0.2) is 22.5 Å². The molecule has 0 aliphatic rings. The molecule has 0 saturated carbocycles. The number of pyridine rings is 1. The van der Waals surface area contributed by atoms with Gasteiger partial charge in [-0.1, -0.05) is 6.92 Å². The minimum atomic E-state index is 0.443. The van der Waals surface area contributed by atoms with Crippen LogP contribution in [0.1, 0.15) is 20.3 Å². The van der Waals surface area contributed by atoms with Crippen molar-refractivity contribution < 1.29 is 0 Å². The van der Waals surface area contributed by atoms with Crippen LogP contribution in [0.2, 0.25) is 0 Å². The molecule has 0 amide bonds. The summed E-state index contributed by atoms with van der Waals surface area (Å²) in [6, 6.07) is 4.10. The second-order valence-corrected chi connectivity index (χ2v) is 4.90. The first-order valence-corrected chi connectivity index (χ1v) is 6.43. The number of nitrogens with one attached hydrogen (secondary N) is 1. The SMILES string of the molecule is CCSCCC(C)Nc1cc(N)ccn1. The zero-order valence-corrected chi connectivity index (χ0v) is 10.2. The molecule has 1 rings (SSSR count).